The number of hydrogen-bond acceptors (Lipinski definition) is 6. The van der Waals surface area contributed by atoms with Crippen molar-refractivity contribution in [1.82, 2.24) is 14.4 Å². The topological polar surface area (TPSA) is 97.0 Å². The third-order valence-corrected chi connectivity index (χ3v) is 6.14. The van der Waals surface area contributed by atoms with E-state index in [0.29, 0.717) is 43.0 Å². The summed E-state index contributed by atoms with van der Waals surface area (Å²) in [5.41, 5.74) is 2.74. The molecule has 0 radical (unpaired) electrons. The monoisotopic (exact) mass is 466 g/mol. The molecule has 0 saturated carbocycles. The molecule has 1 saturated heterocycles. The molecule has 9 heteroatoms. The van der Waals surface area contributed by atoms with Crippen molar-refractivity contribution >= 4 is 28.6 Å². The van der Waals surface area contributed by atoms with Crippen LogP contribution in [0.4, 0.5) is 5.69 Å². The number of ether oxygens (including phenoxy) is 1. The van der Waals surface area contributed by atoms with E-state index in [4.69, 9.17) is 9.15 Å². The minimum absolute atomic E-state index is 0.00900. The van der Waals surface area contributed by atoms with Crippen LogP contribution in [0.2, 0.25) is 0 Å². The Hall–Kier alpha value is -3.59. The lowest BCUT2D eigenvalue weighted by Gasteiger charge is -2.41. The molecular weight excluding hydrogens is 436 g/mol. The summed E-state index contributed by atoms with van der Waals surface area (Å²) in [6.45, 7) is 6.04. The van der Waals surface area contributed by atoms with Crippen LogP contribution in [0.5, 0.6) is 5.75 Å². The van der Waals surface area contributed by atoms with Gasteiger partial charge in [-0.25, -0.2) is 4.79 Å². The highest BCUT2D eigenvalue weighted by molar-refractivity contribution is 5.94. The maximum atomic E-state index is 12.8. The number of methoxy groups -OCH3 is 1. The van der Waals surface area contributed by atoms with E-state index in [1.165, 1.54) is 0 Å². The second kappa shape index (κ2) is 10.1. The summed E-state index contributed by atoms with van der Waals surface area (Å²) in [7, 11) is 1.62. The lowest BCUT2D eigenvalue weighted by atomic mass is 10.0. The molecule has 0 unspecified atom stereocenters. The number of anilines is 1. The second-order valence-corrected chi connectivity index (χ2v) is 8.49. The number of hydrogen-bond donors (Lipinski definition) is 1. The van der Waals surface area contributed by atoms with Gasteiger partial charge in [-0.15, -0.1) is 0 Å². The van der Waals surface area contributed by atoms with Crippen molar-refractivity contribution in [3.8, 4) is 5.75 Å². The number of aromatic nitrogens is 1. The number of aryl methyl sites for hydroxylation is 1. The maximum absolute atomic E-state index is 12.8. The fraction of sp³-hybridized carbons (Fsp3) is 0.400. The van der Waals surface area contributed by atoms with Crippen molar-refractivity contribution < 1.29 is 18.7 Å². The Balaban J connectivity index is 1.44. The van der Waals surface area contributed by atoms with Crippen LogP contribution in [0.15, 0.2) is 51.7 Å². The van der Waals surface area contributed by atoms with Gasteiger partial charge in [-0.3, -0.25) is 19.1 Å². The summed E-state index contributed by atoms with van der Waals surface area (Å²) >= 11 is 0. The fourth-order valence-corrected chi connectivity index (χ4v) is 4.45. The number of carbonyl (C=O) groups excluding carboxylic acids is 2. The van der Waals surface area contributed by atoms with Gasteiger partial charge in [-0.1, -0.05) is 19.1 Å². The summed E-state index contributed by atoms with van der Waals surface area (Å²) in [5.74, 6) is 0.199. The summed E-state index contributed by atoms with van der Waals surface area (Å²) in [4.78, 5) is 40.9. The van der Waals surface area contributed by atoms with E-state index < -0.39 is 5.76 Å². The number of nitrogens with zero attached hydrogens (tertiary/aromatic N) is 3. The normalized spacial score (nSPS) is 16.6. The van der Waals surface area contributed by atoms with E-state index in [1.807, 2.05) is 41.0 Å². The molecule has 2 aromatic carbocycles. The van der Waals surface area contributed by atoms with Crippen LogP contribution < -0.4 is 15.8 Å². The van der Waals surface area contributed by atoms with Crippen LogP contribution >= 0.6 is 0 Å². The third-order valence-electron chi connectivity index (χ3n) is 6.14. The van der Waals surface area contributed by atoms with Crippen molar-refractivity contribution in [1.29, 1.82) is 0 Å². The zero-order chi connectivity index (χ0) is 24.2. The average Bonchev–Trinajstić information content (AvgIpc) is 3.13. The van der Waals surface area contributed by atoms with E-state index in [2.05, 4.69) is 5.32 Å². The van der Waals surface area contributed by atoms with Crippen molar-refractivity contribution in [2.24, 2.45) is 0 Å². The molecular formula is C25H30N4O5. The van der Waals surface area contributed by atoms with Crippen LogP contribution in [-0.2, 0) is 16.1 Å². The quantitative estimate of drug-likeness (QED) is 0.575. The van der Waals surface area contributed by atoms with Crippen LogP contribution in [-0.4, -0.2) is 59.5 Å². The number of oxazole rings is 1. The number of amides is 2. The first-order valence-electron chi connectivity index (χ1n) is 11.5. The first kappa shape index (κ1) is 23.6. The first-order valence-corrected chi connectivity index (χ1v) is 11.5. The predicted molar refractivity (Wildman–Crippen MR) is 129 cm³/mol. The van der Waals surface area contributed by atoms with Crippen LogP contribution in [0.25, 0.3) is 11.1 Å². The van der Waals surface area contributed by atoms with Crippen molar-refractivity contribution in [2.75, 3.05) is 38.6 Å². The molecule has 3 aromatic rings. The number of benzene rings is 2. The van der Waals surface area contributed by atoms with Gasteiger partial charge in [0.1, 0.15) is 5.75 Å². The molecule has 180 valence electrons. The van der Waals surface area contributed by atoms with Gasteiger partial charge in [0.05, 0.1) is 25.2 Å². The molecule has 1 aliphatic rings. The van der Waals surface area contributed by atoms with Crippen LogP contribution in [0.1, 0.15) is 31.9 Å². The Morgan fingerprint density at radius 2 is 1.91 bits per heavy atom. The molecule has 2 heterocycles. The first-order chi connectivity index (χ1) is 16.4. The maximum Gasteiger partial charge on any atom is 0.419 e. The zero-order valence-corrected chi connectivity index (χ0v) is 19.7. The summed E-state index contributed by atoms with van der Waals surface area (Å²) in [5, 5.41) is 2.90. The molecule has 1 atom stereocenters. The van der Waals surface area contributed by atoms with E-state index in [9.17, 15) is 14.4 Å². The average molecular weight is 467 g/mol. The summed E-state index contributed by atoms with van der Waals surface area (Å²) in [6, 6.07) is 12.8. The predicted octanol–water partition coefficient (Wildman–Crippen LogP) is 2.86. The Bertz CT molecular complexity index is 1230. The van der Waals surface area contributed by atoms with Gasteiger partial charge in [0.25, 0.3) is 0 Å². The van der Waals surface area contributed by atoms with E-state index in [-0.39, 0.29) is 24.4 Å². The highest BCUT2D eigenvalue weighted by Gasteiger charge is 2.30. The van der Waals surface area contributed by atoms with Gasteiger partial charge in [-0.05, 0) is 36.2 Å². The zero-order valence-electron chi connectivity index (χ0n) is 19.7. The van der Waals surface area contributed by atoms with Crippen molar-refractivity contribution in [2.45, 2.75) is 32.9 Å². The number of nitrogens with one attached hydrogen (secondary N) is 1. The molecule has 9 nitrogen and oxygen atoms in total. The SMILES string of the molecule is CCCn1c(=O)oc2cc(NC(=O)CN3CCN(C(C)=O)[C@@H](c4ccc(OC)cc4)C3)ccc21. The molecule has 0 aliphatic carbocycles. The minimum Gasteiger partial charge on any atom is -0.497 e. The Morgan fingerprint density at radius 3 is 2.59 bits per heavy atom. The van der Waals surface area contributed by atoms with E-state index >= 15 is 0 Å². The molecule has 1 fully saturated rings. The lowest BCUT2D eigenvalue weighted by Crippen LogP contribution is -2.51. The van der Waals surface area contributed by atoms with Crippen LogP contribution in [0, 0.1) is 0 Å². The molecule has 2 amide bonds. The number of rotatable bonds is 7. The molecule has 0 spiro atoms. The number of fused-ring (bicyclic) bond motifs is 1. The fourth-order valence-electron chi connectivity index (χ4n) is 4.45. The van der Waals surface area contributed by atoms with Crippen molar-refractivity contribution in [3.05, 3.63) is 58.6 Å². The number of piperazine rings is 1. The summed E-state index contributed by atoms with van der Waals surface area (Å²) < 4.78 is 12.2. The van der Waals surface area contributed by atoms with E-state index in [1.54, 1.807) is 36.8 Å². The van der Waals surface area contributed by atoms with Crippen molar-refractivity contribution in [3.63, 3.8) is 0 Å². The van der Waals surface area contributed by atoms with Crippen LogP contribution in [0.3, 0.4) is 0 Å². The molecule has 0 bridgehead atoms. The second-order valence-electron chi connectivity index (χ2n) is 8.49. The summed E-state index contributed by atoms with van der Waals surface area (Å²) in [6.07, 6.45) is 0.821. The Morgan fingerprint density at radius 1 is 1.15 bits per heavy atom. The Labute approximate surface area is 197 Å². The minimum atomic E-state index is -0.395. The van der Waals surface area contributed by atoms with Gasteiger partial charge in [0, 0.05) is 44.9 Å². The highest BCUT2D eigenvalue weighted by Crippen LogP contribution is 2.27. The van der Waals surface area contributed by atoms with Gasteiger partial charge in [0.15, 0.2) is 5.58 Å². The number of carbonyl (C=O) groups is 2. The largest absolute Gasteiger partial charge is 0.497 e. The van der Waals surface area contributed by atoms with Gasteiger partial charge < -0.3 is 19.4 Å². The van der Waals surface area contributed by atoms with E-state index in [0.717, 1.165) is 17.7 Å². The van der Waals surface area contributed by atoms with Gasteiger partial charge in [0.2, 0.25) is 11.8 Å². The molecule has 1 N–H and O–H groups in total. The molecule has 1 aromatic heterocycles. The Kier molecular flexibility index (Phi) is 7.02. The molecule has 34 heavy (non-hydrogen) atoms. The van der Waals surface area contributed by atoms with Gasteiger partial charge >= 0.3 is 5.76 Å². The van der Waals surface area contributed by atoms with Gasteiger partial charge in [-0.2, -0.15) is 0 Å². The molecule has 1 aliphatic heterocycles. The molecule has 4 rings (SSSR count). The standard InChI is InChI=1S/C25H30N4O5/c1-4-11-29-21-10-7-19(14-23(21)34-25(29)32)26-24(31)16-27-12-13-28(17(2)30)22(15-27)18-5-8-20(33-3)9-6-18/h5-10,14,22H,4,11-13,15-16H2,1-3H3,(H,26,31)/t22-/m1/s1. The third kappa shape index (κ3) is 4.99. The smallest absolute Gasteiger partial charge is 0.419 e. The lowest BCUT2D eigenvalue weighted by molar-refractivity contribution is -0.134. The highest BCUT2D eigenvalue weighted by atomic mass is 16.5.